The molecule has 0 aliphatic rings. The highest BCUT2D eigenvalue weighted by Gasteiger charge is 2.10. The second kappa shape index (κ2) is 4.08. The molecule has 0 saturated heterocycles. The molecule has 0 aliphatic carbocycles. The summed E-state index contributed by atoms with van der Waals surface area (Å²) >= 11 is 16.8. The van der Waals surface area contributed by atoms with Gasteiger partial charge in [0.25, 0.3) is 0 Å². The van der Waals surface area contributed by atoms with Crippen molar-refractivity contribution in [3.8, 4) is 11.4 Å². The summed E-state index contributed by atoms with van der Waals surface area (Å²) in [6.45, 7) is 0. The lowest BCUT2D eigenvalue weighted by atomic mass is 10.2. The maximum Gasteiger partial charge on any atom is 0.216 e. The first-order valence-electron chi connectivity index (χ1n) is 4.37. The van der Waals surface area contributed by atoms with Gasteiger partial charge in [0.15, 0.2) is 5.82 Å². The number of halogens is 2. The number of nitrogens with two attached hydrogens (primary N) is 1. The van der Waals surface area contributed by atoms with Crippen LogP contribution in [-0.4, -0.2) is 14.5 Å². The average molecular weight is 275 g/mol. The van der Waals surface area contributed by atoms with Gasteiger partial charge in [0.2, 0.25) is 4.77 Å². The van der Waals surface area contributed by atoms with Gasteiger partial charge in [-0.3, -0.25) is 0 Å². The molecule has 2 rings (SSSR count). The fraction of sp³-hybridized carbons (Fsp3) is 0.111. The van der Waals surface area contributed by atoms with E-state index in [1.165, 1.54) is 9.36 Å². The normalized spacial score (nSPS) is 10.7. The van der Waals surface area contributed by atoms with E-state index in [0.29, 0.717) is 20.6 Å². The van der Waals surface area contributed by atoms with E-state index in [0.717, 1.165) is 5.56 Å². The van der Waals surface area contributed by atoms with Gasteiger partial charge in [0.1, 0.15) is 0 Å². The standard InChI is InChI=1S/C9H8Cl2N4S/c1-14-9(16)15(12)8(13-14)5-2-3-6(10)7(11)4-5/h2-4H,12H2,1H3. The van der Waals surface area contributed by atoms with Crippen molar-refractivity contribution < 1.29 is 0 Å². The first kappa shape index (κ1) is 11.4. The molecule has 0 atom stereocenters. The van der Waals surface area contributed by atoms with E-state index in [4.69, 9.17) is 41.3 Å². The Bertz CT molecular complexity index is 602. The second-order valence-corrected chi connectivity index (χ2v) is 4.41. The highest BCUT2D eigenvalue weighted by molar-refractivity contribution is 7.71. The van der Waals surface area contributed by atoms with Crippen molar-refractivity contribution in [2.75, 3.05) is 5.84 Å². The summed E-state index contributed by atoms with van der Waals surface area (Å²) in [4.78, 5) is 0. The van der Waals surface area contributed by atoms with Crippen LogP contribution in [0.15, 0.2) is 18.2 Å². The maximum absolute atomic E-state index is 5.92. The molecule has 84 valence electrons. The number of nitrogen functional groups attached to an aromatic ring is 1. The van der Waals surface area contributed by atoms with Crippen LogP contribution in [0.1, 0.15) is 0 Å². The molecule has 0 unspecified atom stereocenters. The van der Waals surface area contributed by atoms with Gasteiger partial charge in [-0.15, -0.1) is 0 Å². The van der Waals surface area contributed by atoms with Gasteiger partial charge < -0.3 is 5.84 Å². The molecule has 0 amide bonds. The molecule has 0 saturated carbocycles. The molecule has 0 spiro atoms. The zero-order chi connectivity index (χ0) is 11.9. The maximum atomic E-state index is 5.92. The Morgan fingerprint density at radius 3 is 2.50 bits per heavy atom. The molecular weight excluding hydrogens is 267 g/mol. The number of hydrogen-bond donors (Lipinski definition) is 1. The van der Waals surface area contributed by atoms with Gasteiger partial charge in [-0.05, 0) is 30.4 Å². The van der Waals surface area contributed by atoms with E-state index in [9.17, 15) is 0 Å². The van der Waals surface area contributed by atoms with Crippen LogP contribution in [0.3, 0.4) is 0 Å². The molecule has 0 aliphatic heterocycles. The Morgan fingerprint density at radius 2 is 2.00 bits per heavy atom. The van der Waals surface area contributed by atoms with Crippen molar-refractivity contribution in [2.24, 2.45) is 7.05 Å². The van der Waals surface area contributed by atoms with E-state index in [1.807, 2.05) is 0 Å². The minimum Gasteiger partial charge on any atom is -0.335 e. The third-order valence-corrected chi connectivity index (χ3v) is 3.33. The van der Waals surface area contributed by atoms with E-state index in [2.05, 4.69) is 5.10 Å². The quantitative estimate of drug-likeness (QED) is 0.643. The monoisotopic (exact) mass is 274 g/mol. The lowest BCUT2D eigenvalue weighted by Gasteiger charge is -2.01. The molecule has 0 radical (unpaired) electrons. The highest BCUT2D eigenvalue weighted by atomic mass is 35.5. The number of nitrogens with zero attached hydrogens (tertiary/aromatic N) is 3. The van der Waals surface area contributed by atoms with Crippen molar-refractivity contribution in [3.05, 3.63) is 33.0 Å². The van der Waals surface area contributed by atoms with E-state index in [1.54, 1.807) is 25.2 Å². The predicted molar refractivity (Wildman–Crippen MR) is 67.6 cm³/mol. The summed E-state index contributed by atoms with van der Waals surface area (Å²) < 4.78 is 3.28. The smallest absolute Gasteiger partial charge is 0.216 e. The van der Waals surface area contributed by atoms with Crippen LogP contribution in [0.4, 0.5) is 0 Å². The van der Waals surface area contributed by atoms with Crippen LogP contribution in [0.5, 0.6) is 0 Å². The molecule has 4 nitrogen and oxygen atoms in total. The van der Waals surface area contributed by atoms with Crippen LogP contribution in [-0.2, 0) is 7.05 Å². The summed E-state index contributed by atoms with van der Waals surface area (Å²) in [5.74, 6) is 6.32. The van der Waals surface area contributed by atoms with Gasteiger partial charge in [-0.25, -0.2) is 9.36 Å². The second-order valence-electron chi connectivity index (χ2n) is 3.23. The Balaban J connectivity index is 2.63. The van der Waals surface area contributed by atoms with Crippen LogP contribution in [0.2, 0.25) is 10.0 Å². The molecule has 1 heterocycles. The highest BCUT2D eigenvalue weighted by Crippen LogP contribution is 2.27. The fourth-order valence-electron chi connectivity index (χ4n) is 1.31. The van der Waals surface area contributed by atoms with Crippen molar-refractivity contribution in [3.63, 3.8) is 0 Å². The van der Waals surface area contributed by atoms with Gasteiger partial charge >= 0.3 is 0 Å². The molecule has 16 heavy (non-hydrogen) atoms. The first-order valence-corrected chi connectivity index (χ1v) is 5.53. The van der Waals surface area contributed by atoms with E-state index >= 15 is 0 Å². The van der Waals surface area contributed by atoms with Crippen molar-refractivity contribution in [1.29, 1.82) is 0 Å². The molecule has 1 aromatic heterocycles. The fourth-order valence-corrected chi connectivity index (χ4v) is 1.74. The average Bonchev–Trinajstić information content (AvgIpc) is 2.50. The Hall–Kier alpha value is -1.04. The van der Waals surface area contributed by atoms with Crippen LogP contribution < -0.4 is 5.84 Å². The number of benzene rings is 1. The molecule has 2 aromatic rings. The van der Waals surface area contributed by atoms with Gasteiger partial charge in [-0.1, -0.05) is 23.2 Å². The summed E-state index contributed by atoms with van der Waals surface area (Å²) in [6, 6.07) is 5.18. The number of hydrogen-bond acceptors (Lipinski definition) is 3. The summed E-state index contributed by atoms with van der Waals surface area (Å²) in [7, 11) is 1.73. The summed E-state index contributed by atoms with van der Waals surface area (Å²) in [6.07, 6.45) is 0. The van der Waals surface area contributed by atoms with Gasteiger partial charge in [0.05, 0.1) is 10.0 Å². The zero-order valence-corrected chi connectivity index (χ0v) is 10.6. The zero-order valence-electron chi connectivity index (χ0n) is 8.32. The summed E-state index contributed by atoms with van der Waals surface area (Å²) in [5, 5.41) is 5.14. The number of rotatable bonds is 1. The van der Waals surface area contributed by atoms with Gasteiger partial charge in [0, 0.05) is 12.6 Å². The van der Waals surface area contributed by atoms with Gasteiger partial charge in [-0.2, -0.15) is 5.10 Å². The van der Waals surface area contributed by atoms with Crippen LogP contribution in [0.25, 0.3) is 11.4 Å². The minimum absolute atomic E-state index is 0.432. The predicted octanol–water partition coefficient (Wildman–Crippen LogP) is 2.64. The Morgan fingerprint density at radius 1 is 1.31 bits per heavy atom. The molecule has 7 heteroatoms. The van der Waals surface area contributed by atoms with E-state index in [-0.39, 0.29) is 0 Å². The first-order chi connectivity index (χ1) is 7.50. The SMILES string of the molecule is Cn1nc(-c2ccc(Cl)c(Cl)c2)n(N)c1=S. The minimum atomic E-state index is 0.432. The topological polar surface area (TPSA) is 48.8 Å². The Kier molecular flexibility index (Phi) is 2.92. The van der Waals surface area contributed by atoms with Crippen molar-refractivity contribution in [2.45, 2.75) is 0 Å². The van der Waals surface area contributed by atoms with E-state index < -0.39 is 0 Å². The molecule has 2 N–H and O–H groups in total. The van der Waals surface area contributed by atoms with Crippen LogP contribution >= 0.6 is 35.4 Å². The third-order valence-electron chi connectivity index (χ3n) is 2.13. The summed E-state index contributed by atoms with van der Waals surface area (Å²) in [5.41, 5.74) is 0.767. The molecular formula is C9H8Cl2N4S. The molecule has 0 bridgehead atoms. The lowest BCUT2D eigenvalue weighted by Crippen LogP contribution is -2.10. The van der Waals surface area contributed by atoms with Crippen molar-refractivity contribution >= 4 is 35.4 Å². The largest absolute Gasteiger partial charge is 0.335 e. The number of aryl methyl sites for hydroxylation is 1. The molecule has 0 fully saturated rings. The Labute approximate surface area is 107 Å². The molecule has 1 aromatic carbocycles. The lowest BCUT2D eigenvalue weighted by molar-refractivity contribution is 0.747. The number of aromatic nitrogens is 3. The third kappa shape index (κ3) is 1.81. The van der Waals surface area contributed by atoms with Crippen LogP contribution in [0, 0.1) is 4.77 Å². The van der Waals surface area contributed by atoms with Crippen molar-refractivity contribution in [1.82, 2.24) is 14.5 Å².